The minimum Gasteiger partial charge on any atom is -0.355 e. The Morgan fingerprint density at radius 2 is 2.07 bits per heavy atom. The van der Waals surface area contributed by atoms with E-state index in [0.717, 1.165) is 18.4 Å². The van der Waals surface area contributed by atoms with E-state index in [9.17, 15) is 9.59 Å². The molecule has 0 aliphatic carbocycles. The monoisotopic (exact) mass is 395 g/mol. The van der Waals surface area contributed by atoms with Crippen LogP contribution in [0.15, 0.2) is 58.6 Å². The zero-order valence-electron chi connectivity index (χ0n) is 15.3. The molecule has 0 bridgehead atoms. The molecule has 28 heavy (non-hydrogen) atoms. The summed E-state index contributed by atoms with van der Waals surface area (Å²) in [6, 6.07) is 13.2. The summed E-state index contributed by atoms with van der Waals surface area (Å²) in [5, 5.41) is 8.72. The van der Waals surface area contributed by atoms with Crippen LogP contribution in [0.4, 0.5) is 0 Å². The van der Waals surface area contributed by atoms with E-state index in [1.807, 2.05) is 52.7 Å². The third-order valence-electron chi connectivity index (χ3n) is 4.94. The Labute approximate surface area is 167 Å². The highest BCUT2D eigenvalue weighted by Gasteiger charge is 2.28. The Bertz CT molecular complexity index is 937. The van der Waals surface area contributed by atoms with E-state index in [1.165, 1.54) is 17.5 Å². The van der Waals surface area contributed by atoms with Crippen molar-refractivity contribution in [2.24, 2.45) is 5.92 Å². The van der Waals surface area contributed by atoms with Crippen molar-refractivity contribution in [3.05, 3.63) is 64.5 Å². The molecule has 4 rings (SSSR count). The minimum absolute atomic E-state index is 0.0520. The average Bonchev–Trinajstić information content (AvgIpc) is 3.44. The second-order valence-corrected chi connectivity index (χ2v) is 7.83. The molecule has 3 heterocycles. The van der Waals surface area contributed by atoms with Crippen molar-refractivity contribution in [1.82, 2.24) is 15.4 Å². The summed E-state index contributed by atoms with van der Waals surface area (Å²) in [6.45, 7) is 1.88. The van der Waals surface area contributed by atoms with Gasteiger partial charge in [0.25, 0.3) is 11.8 Å². The maximum absolute atomic E-state index is 13.1. The fourth-order valence-electron chi connectivity index (χ4n) is 3.51. The Morgan fingerprint density at radius 3 is 2.86 bits per heavy atom. The van der Waals surface area contributed by atoms with Crippen molar-refractivity contribution in [3.8, 4) is 11.3 Å². The van der Waals surface area contributed by atoms with Crippen LogP contribution >= 0.6 is 11.3 Å². The highest BCUT2D eigenvalue weighted by molar-refractivity contribution is 7.12. The van der Waals surface area contributed by atoms with Gasteiger partial charge in [0.2, 0.25) is 0 Å². The molecule has 1 fully saturated rings. The van der Waals surface area contributed by atoms with Crippen molar-refractivity contribution in [2.45, 2.75) is 12.8 Å². The van der Waals surface area contributed by atoms with Gasteiger partial charge in [-0.25, -0.2) is 0 Å². The highest BCUT2D eigenvalue weighted by Crippen LogP contribution is 2.26. The standard InChI is InChI=1S/C21H21N3O3S/c25-20(18-9-5-11-28-18)22-12-15-6-4-10-24(14-15)21(26)17-13-23-27-19(17)16-7-2-1-3-8-16/h1-3,5,7-9,11,13,15H,4,6,10,12,14H2,(H,22,25)/t15-/m1/s1. The van der Waals surface area contributed by atoms with E-state index in [1.54, 1.807) is 0 Å². The molecule has 1 aliphatic heterocycles. The van der Waals surface area contributed by atoms with Crippen molar-refractivity contribution in [3.63, 3.8) is 0 Å². The van der Waals surface area contributed by atoms with Crippen molar-refractivity contribution >= 4 is 23.2 Å². The minimum atomic E-state index is -0.0746. The van der Waals surface area contributed by atoms with Gasteiger partial charge in [-0.3, -0.25) is 9.59 Å². The normalized spacial score (nSPS) is 16.7. The summed E-state index contributed by atoms with van der Waals surface area (Å²) in [6.07, 6.45) is 3.40. The van der Waals surface area contributed by atoms with Crippen LogP contribution in [0, 0.1) is 5.92 Å². The van der Waals surface area contributed by atoms with Crippen LogP contribution in [0.25, 0.3) is 11.3 Å². The van der Waals surface area contributed by atoms with E-state index in [4.69, 9.17) is 4.52 Å². The Balaban J connectivity index is 1.40. The summed E-state index contributed by atoms with van der Waals surface area (Å²) in [4.78, 5) is 27.8. The van der Waals surface area contributed by atoms with E-state index >= 15 is 0 Å². The predicted octanol–water partition coefficient (Wildman–Crippen LogP) is 3.69. The molecule has 7 heteroatoms. The number of carbonyl (C=O) groups is 2. The van der Waals surface area contributed by atoms with Gasteiger partial charge in [-0.2, -0.15) is 0 Å². The SMILES string of the molecule is O=C(NC[C@H]1CCCN(C(=O)c2cnoc2-c2ccccc2)C1)c1cccs1. The third kappa shape index (κ3) is 3.99. The van der Waals surface area contributed by atoms with Gasteiger partial charge in [-0.15, -0.1) is 11.3 Å². The fourth-order valence-corrected chi connectivity index (χ4v) is 4.15. The van der Waals surface area contributed by atoms with Gasteiger partial charge in [0.15, 0.2) is 5.76 Å². The summed E-state index contributed by atoms with van der Waals surface area (Å²) in [7, 11) is 0. The number of nitrogens with one attached hydrogen (secondary N) is 1. The largest absolute Gasteiger partial charge is 0.355 e. The lowest BCUT2D eigenvalue weighted by molar-refractivity contribution is 0.0671. The molecular formula is C21H21N3O3S. The van der Waals surface area contributed by atoms with Gasteiger partial charge >= 0.3 is 0 Å². The zero-order valence-corrected chi connectivity index (χ0v) is 16.2. The van der Waals surface area contributed by atoms with Gasteiger partial charge in [0, 0.05) is 25.2 Å². The van der Waals surface area contributed by atoms with E-state index < -0.39 is 0 Å². The molecule has 144 valence electrons. The number of aromatic nitrogens is 1. The van der Waals surface area contributed by atoms with Gasteiger partial charge in [-0.1, -0.05) is 41.6 Å². The average molecular weight is 395 g/mol. The molecular weight excluding hydrogens is 374 g/mol. The van der Waals surface area contributed by atoms with E-state index in [-0.39, 0.29) is 17.7 Å². The number of nitrogens with zero attached hydrogens (tertiary/aromatic N) is 2. The van der Waals surface area contributed by atoms with Crippen LogP contribution < -0.4 is 5.32 Å². The Morgan fingerprint density at radius 1 is 1.21 bits per heavy atom. The maximum atomic E-state index is 13.1. The summed E-state index contributed by atoms with van der Waals surface area (Å²) in [5.74, 6) is 0.610. The van der Waals surface area contributed by atoms with Gasteiger partial charge < -0.3 is 14.7 Å². The Kier molecular flexibility index (Phi) is 5.53. The van der Waals surface area contributed by atoms with E-state index in [2.05, 4.69) is 10.5 Å². The molecule has 2 aromatic heterocycles. The quantitative estimate of drug-likeness (QED) is 0.715. The first kappa shape index (κ1) is 18.4. The number of likely N-dealkylation sites (tertiary alicyclic amines) is 1. The predicted molar refractivity (Wildman–Crippen MR) is 107 cm³/mol. The molecule has 0 radical (unpaired) electrons. The first-order chi connectivity index (χ1) is 13.7. The maximum Gasteiger partial charge on any atom is 0.261 e. The summed E-state index contributed by atoms with van der Waals surface area (Å²) >= 11 is 1.43. The molecule has 1 aromatic carbocycles. The fraction of sp³-hybridized carbons (Fsp3) is 0.286. The lowest BCUT2D eigenvalue weighted by Gasteiger charge is -2.32. The zero-order chi connectivity index (χ0) is 19.3. The number of piperidine rings is 1. The summed E-state index contributed by atoms with van der Waals surface area (Å²) in [5.41, 5.74) is 1.31. The molecule has 1 atom stereocenters. The number of hydrogen-bond donors (Lipinski definition) is 1. The van der Waals surface area contributed by atoms with Crippen LogP contribution in [0.3, 0.4) is 0 Å². The second-order valence-electron chi connectivity index (χ2n) is 6.88. The molecule has 1 aliphatic rings. The van der Waals surface area contributed by atoms with Crippen LogP contribution in [-0.2, 0) is 0 Å². The van der Waals surface area contributed by atoms with Crippen molar-refractivity contribution < 1.29 is 14.1 Å². The topological polar surface area (TPSA) is 75.4 Å². The van der Waals surface area contributed by atoms with Gasteiger partial charge in [0.1, 0.15) is 5.56 Å². The van der Waals surface area contributed by atoms with Crippen LogP contribution in [-0.4, -0.2) is 41.5 Å². The molecule has 1 saturated heterocycles. The number of amides is 2. The molecule has 0 saturated carbocycles. The molecule has 3 aromatic rings. The number of hydrogen-bond acceptors (Lipinski definition) is 5. The third-order valence-corrected chi connectivity index (χ3v) is 5.81. The molecule has 0 unspecified atom stereocenters. The van der Waals surface area contributed by atoms with Gasteiger partial charge in [0.05, 0.1) is 11.1 Å². The van der Waals surface area contributed by atoms with Crippen LogP contribution in [0.1, 0.15) is 32.9 Å². The number of carbonyl (C=O) groups excluding carboxylic acids is 2. The van der Waals surface area contributed by atoms with E-state index in [0.29, 0.717) is 35.8 Å². The molecule has 6 nitrogen and oxygen atoms in total. The summed E-state index contributed by atoms with van der Waals surface area (Å²) < 4.78 is 5.36. The molecule has 0 spiro atoms. The lowest BCUT2D eigenvalue weighted by atomic mass is 9.97. The smallest absolute Gasteiger partial charge is 0.261 e. The highest BCUT2D eigenvalue weighted by atomic mass is 32.1. The number of thiophene rings is 1. The molecule has 2 amide bonds. The second kappa shape index (κ2) is 8.39. The Hall–Kier alpha value is -2.93. The van der Waals surface area contributed by atoms with Crippen molar-refractivity contribution in [2.75, 3.05) is 19.6 Å². The van der Waals surface area contributed by atoms with Gasteiger partial charge in [-0.05, 0) is 30.2 Å². The number of rotatable bonds is 5. The first-order valence-corrected chi connectivity index (χ1v) is 10.2. The van der Waals surface area contributed by atoms with Crippen LogP contribution in [0.5, 0.6) is 0 Å². The van der Waals surface area contributed by atoms with Crippen molar-refractivity contribution in [1.29, 1.82) is 0 Å². The molecule has 1 N–H and O–H groups in total. The number of benzene rings is 1. The lowest BCUT2D eigenvalue weighted by Crippen LogP contribution is -2.43. The first-order valence-electron chi connectivity index (χ1n) is 9.33. The van der Waals surface area contributed by atoms with Crippen LogP contribution in [0.2, 0.25) is 0 Å².